The average molecular weight is 450 g/mol. The van der Waals surface area contributed by atoms with Gasteiger partial charge in [-0.3, -0.25) is 4.79 Å². The lowest BCUT2D eigenvalue weighted by atomic mass is 10.1. The topological polar surface area (TPSA) is 102 Å². The van der Waals surface area contributed by atoms with Crippen molar-refractivity contribution in [2.75, 3.05) is 12.4 Å². The van der Waals surface area contributed by atoms with Gasteiger partial charge in [0.15, 0.2) is 11.3 Å². The van der Waals surface area contributed by atoms with Gasteiger partial charge < -0.3 is 19.6 Å². The lowest BCUT2D eigenvalue weighted by molar-refractivity contribution is 0.0699. The molecule has 31 heavy (non-hydrogen) atoms. The normalized spacial score (nSPS) is 11.1. The molecule has 3 aromatic heterocycles. The second-order valence-corrected chi connectivity index (χ2v) is 8.40. The van der Waals surface area contributed by atoms with Crippen LogP contribution >= 0.6 is 22.7 Å². The molecule has 1 amide bonds. The summed E-state index contributed by atoms with van der Waals surface area (Å²) in [5.74, 6) is -0.614. The molecule has 0 spiro atoms. The summed E-state index contributed by atoms with van der Waals surface area (Å²) in [5.41, 5.74) is 3.55. The number of aromatic nitrogens is 1. The molecule has 0 aliphatic heterocycles. The van der Waals surface area contributed by atoms with Crippen molar-refractivity contribution in [2.45, 2.75) is 0 Å². The molecule has 7 nitrogen and oxygen atoms in total. The third-order valence-corrected chi connectivity index (χ3v) is 6.60. The van der Waals surface area contributed by atoms with E-state index in [-0.39, 0.29) is 11.3 Å². The van der Waals surface area contributed by atoms with E-state index < -0.39 is 11.9 Å². The smallest absolute Gasteiger partial charge is 0.339 e. The van der Waals surface area contributed by atoms with Crippen molar-refractivity contribution in [3.8, 4) is 16.4 Å². The van der Waals surface area contributed by atoms with Crippen LogP contribution in [0.25, 0.3) is 31.8 Å². The lowest BCUT2D eigenvalue weighted by Crippen LogP contribution is -2.13. The zero-order chi connectivity index (χ0) is 21.5. The summed E-state index contributed by atoms with van der Waals surface area (Å²) in [6.45, 7) is 0. The number of para-hydroxylation sites is 1. The van der Waals surface area contributed by atoms with Crippen molar-refractivity contribution in [3.63, 3.8) is 0 Å². The first kappa shape index (κ1) is 19.3. The van der Waals surface area contributed by atoms with Crippen LogP contribution in [0.5, 0.6) is 5.75 Å². The van der Waals surface area contributed by atoms with Gasteiger partial charge in [-0.2, -0.15) is 0 Å². The number of hydrogen-bond acceptors (Lipinski definition) is 7. The molecule has 0 aliphatic rings. The van der Waals surface area contributed by atoms with Crippen LogP contribution in [0.3, 0.4) is 0 Å². The van der Waals surface area contributed by atoms with Crippen LogP contribution in [-0.4, -0.2) is 29.1 Å². The molecule has 2 N–H and O–H groups in total. The maximum atomic E-state index is 12.8. The Morgan fingerprint density at radius 1 is 1.16 bits per heavy atom. The van der Waals surface area contributed by atoms with E-state index in [1.807, 2.05) is 18.2 Å². The lowest BCUT2D eigenvalue weighted by Gasteiger charge is -2.06. The molecule has 2 aromatic carbocycles. The van der Waals surface area contributed by atoms with Gasteiger partial charge in [0.05, 0.1) is 33.4 Å². The van der Waals surface area contributed by atoms with E-state index in [1.165, 1.54) is 22.7 Å². The summed E-state index contributed by atoms with van der Waals surface area (Å²) >= 11 is 2.67. The second-order valence-electron chi connectivity index (χ2n) is 6.64. The summed E-state index contributed by atoms with van der Waals surface area (Å²) in [5, 5.41) is 15.0. The van der Waals surface area contributed by atoms with Gasteiger partial charge in [0, 0.05) is 16.3 Å². The van der Waals surface area contributed by atoms with Gasteiger partial charge >= 0.3 is 5.97 Å². The van der Waals surface area contributed by atoms with E-state index in [0.717, 1.165) is 15.6 Å². The van der Waals surface area contributed by atoms with E-state index in [1.54, 1.807) is 42.3 Å². The molecule has 3 heterocycles. The first-order valence-corrected chi connectivity index (χ1v) is 10.9. The fraction of sp³-hybridized carbons (Fsp3) is 0.0455. The number of thiazole rings is 1. The number of anilines is 1. The molecule has 0 bridgehead atoms. The molecule has 0 saturated carbocycles. The highest BCUT2D eigenvalue weighted by molar-refractivity contribution is 7.16. The molecule has 0 unspecified atom stereocenters. The Labute approximate surface area is 183 Å². The Balaban J connectivity index is 1.52. The Bertz CT molecular complexity index is 1460. The molecule has 9 heteroatoms. The first-order chi connectivity index (χ1) is 15.0. The van der Waals surface area contributed by atoms with Crippen LogP contribution in [0, 0.1) is 0 Å². The average Bonchev–Trinajstić information content (AvgIpc) is 3.49. The van der Waals surface area contributed by atoms with E-state index >= 15 is 0 Å². The summed E-state index contributed by atoms with van der Waals surface area (Å²) in [7, 11) is 1.54. The van der Waals surface area contributed by atoms with Gasteiger partial charge in [0.25, 0.3) is 5.91 Å². The van der Waals surface area contributed by atoms with Crippen molar-refractivity contribution in [1.29, 1.82) is 0 Å². The van der Waals surface area contributed by atoms with E-state index in [4.69, 9.17) is 9.15 Å². The fourth-order valence-electron chi connectivity index (χ4n) is 3.35. The zero-order valence-electron chi connectivity index (χ0n) is 16.0. The number of hydrogen-bond donors (Lipinski definition) is 2. The number of thiophene rings is 1. The summed E-state index contributed by atoms with van der Waals surface area (Å²) in [6, 6.07) is 12.4. The molecule has 154 valence electrons. The number of methoxy groups -OCH3 is 1. The number of rotatable bonds is 5. The van der Waals surface area contributed by atoms with E-state index in [0.29, 0.717) is 27.5 Å². The number of nitrogens with zero attached hydrogens (tertiary/aromatic N) is 1. The number of fused-ring (bicyclic) bond motifs is 2. The minimum atomic E-state index is -1.16. The summed E-state index contributed by atoms with van der Waals surface area (Å²) in [6.07, 6.45) is 0. The van der Waals surface area contributed by atoms with Gasteiger partial charge in [0.2, 0.25) is 0 Å². The van der Waals surface area contributed by atoms with Crippen LogP contribution < -0.4 is 10.1 Å². The number of ether oxygens (including phenoxy) is 1. The van der Waals surface area contributed by atoms with Crippen LogP contribution in [0.4, 0.5) is 5.69 Å². The maximum absolute atomic E-state index is 12.8. The largest absolute Gasteiger partial charge is 0.493 e. The number of carboxylic acids is 1. The molecule has 5 aromatic rings. The highest BCUT2D eigenvalue weighted by Gasteiger charge is 2.24. The predicted octanol–water partition coefficient (Wildman–Crippen LogP) is 5.73. The minimum absolute atomic E-state index is 0.0221. The van der Waals surface area contributed by atoms with Gasteiger partial charge in [-0.15, -0.1) is 22.7 Å². The molecule has 0 fully saturated rings. The van der Waals surface area contributed by atoms with Crippen molar-refractivity contribution in [1.82, 2.24) is 4.98 Å². The van der Waals surface area contributed by atoms with Crippen LogP contribution in [-0.2, 0) is 0 Å². The van der Waals surface area contributed by atoms with Gasteiger partial charge in [-0.25, -0.2) is 9.78 Å². The molecule has 5 rings (SSSR count). The van der Waals surface area contributed by atoms with Gasteiger partial charge in [-0.1, -0.05) is 12.1 Å². The quantitative estimate of drug-likeness (QED) is 0.355. The summed E-state index contributed by atoms with van der Waals surface area (Å²) in [4.78, 5) is 29.4. The fourth-order valence-corrected chi connectivity index (χ4v) is 4.95. The third kappa shape index (κ3) is 3.33. The molecular weight excluding hydrogens is 436 g/mol. The molecule has 0 saturated heterocycles. The van der Waals surface area contributed by atoms with Crippen LogP contribution in [0.2, 0.25) is 0 Å². The number of benzene rings is 2. The Kier molecular flexibility index (Phi) is 4.68. The highest BCUT2D eigenvalue weighted by Crippen LogP contribution is 2.40. The number of aromatic carboxylic acids is 1. The van der Waals surface area contributed by atoms with E-state index in [9.17, 15) is 14.7 Å². The Morgan fingerprint density at radius 2 is 2.03 bits per heavy atom. The number of amides is 1. The second kappa shape index (κ2) is 7.53. The number of furan rings is 1. The monoisotopic (exact) mass is 450 g/mol. The number of carboxylic acid groups (broad SMARTS) is 1. The number of carbonyl (C=O) groups excluding carboxylic acids is 1. The maximum Gasteiger partial charge on any atom is 0.339 e. The summed E-state index contributed by atoms with van der Waals surface area (Å²) < 4.78 is 12.2. The SMILES string of the molecule is COc1cccc2cc(-c3scc(NC(=O)c4ccc5scnc5c4)c3C(=O)O)oc12. The number of nitrogens with one attached hydrogen (secondary N) is 1. The van der Waals surface area contributed by atoms with Gasteiger partial charge in [-0.05, 0) is 30.3 Å². The predicted molar refractivity (Wildman–Crippen MR) is 121 cm³/mol. The van der Waals surface area contributed by atoms with Gasteiger partial charge in [0.1, 0.15) is 11.3 Å². The van der Waals surface area contributed by atoms with Crippen molar-refractivity contribution in [3.05, 3.63) is 64.5 Å². The first-order valence-electron chi connectivity index (χ1n) is 9.11. The van der Waals surface area contributed by atoms with Crippen LogP contribution in [0.15, 0.2) is 57.8 Å². The zero-order valence-corrected chi connectivity index (χ0v) is 17.7. The van der Waals surface area contributed by atoms with Crippen molar-refractivity contribution < 1.29 is 23.8 Å². The molecule has 0 aliphatic carbocycles. The van der Waals surface area contributed by atoms with Crippen LogP contribution in [0.1, 0.15) is 20.7 Å². The molecular formula is C22H14N2O5S2. The molecule has 0 atom stereocenters. The minimum Gasteiger partial charge on any atom is -0.493 e. The van der Waals surface area contributed by atoms with Crippen molar-refractivity contribution in [2.24, 2.45) is 0 Å². The van der Waals surface area contributed by atoms with E-state index in [2.05, 4.69) is 10.3 Å². The Hall–Kier alpha value is -3.69. The van der Waals surface area contributed by atoms with Crippen molar-refractivity contribution >= 4 is 61.4 Å². The highest BCUT2D eigenvalue weighted by atomic mass is 32.1. The third-order valence-electron chi connectivity index (χ3n) is 4.80. The molecule has 0 radical (unpaired) electrons. The standard InChI is InChI=1S/C22H14N2O5S2/c1-28-15-4-2-3-11-8-16(29-19(11)15)20-18(22(26)27)14(9-30-20)24-21(25)12-5-6-17-13(7-12)23-10-31-17/h2-10H,1H3,(H,24,25)(H,26,27). The Morgan fingerprint density at radius 3 is 2.84 bits per heavy atom. The number of carbonyl (C=O) groups is 2.